The van der Waals surface area contributed by atoms with Crippen LogP contribution in [0.3, 0.4) is 0 Å². The van der Waals surface area contributed by atoms with Crippen molar-refractivity contribution in [2.75, 3.05) is 32.0 Å². The lowest BCUT2D eigenvalue weighted by molar-refractivity contribution is -0.192. The van der Waals surface area contributed by atoms with E-state index in [1.807, 2.05) is 49.4 Å². The maximum absolute atomic E-state index is 13.7. The Hall–Kier alpha value is -6.37. The lowest BCUT2D eigenvalue weighted by Gasteiger charge is -2.30. The van der Waals surface area contributed by atoms with Gasteiger partial charge in [0.05, 0.1) is 0 Å². The van der Waals surface area contributed by atoms with Gasteiger partial charge < -0.3 is 36.4 Å². The number of hydrogen-bond donors (Lipinski definition) is 7. The average Bonchev–Trinajstić information content (AvgIpc) is 3.76. The van der Waals surface area contributed by atoms with Crippen molar-refractivity contribution >= 4 is 35.5 Å². The largest absolute Gasteiger partial charge is 0.490 e. The molecule has 60 heavy (non-hydrogen) atoms. The molecule has 320 valence electrons. The van der Waals surface area contributed by atoms with Crippen LogP contribution in [0.5, 0.6) is 0 Å². The molecule has 3 aromatic carbocycles. The quantitative estimate of drug-likeness (QED) is 0.1000. The van der Waals surface area contributed by atoms with Crippen molar-refractivity contribution in [3.05, 3.63) is 83.4 Å². The first-order valence-corrected chi connectivity index (χ1v) is 19.5. The van der Waals surface area contributed by atoms with Crippen LogP contribution in [-0.2, 0) is 20.8 Å². The number of anilines is 1. The molecule has 4 aromatic rings. The van der Waals surface area contributed by atoms with Gasteiger partial charge in [-0.05, 0) is 129 Å². The SMILES string of the molecule is Cc1cc(C(=O)N[C@H]2CCCN(C)C2)ccc1-c1ccc(C[C@H](NC(=O)C2CCC(CNC(=O)O)CC2)C(=O)Nc2ccc(-c3nn[nH]n3)cc2)cc1.O=C(O)C(F)(F)F. The number of carboxylic acids is 1. The molecule has 0 radical (unpaired) electrons. The van der Waals surface area contributed by atoms with Gasteiger partial charge in [-0.15, -0.1) is 10.2 Å². The molecule has 0 bridgehead atoms. The topological polar surface area (TPSA) is 232 Å². The summed E-state index contributed by atoms with van der Waals surface area (Å²) in [6.45, 7) is 4.27. The summed E-state index contributed by atoms with van der Waals surface area (Å²) in [6.07, 6.45) is -1.11. The lowest BCUT2D eigenvalue weighted by atomic mass is 9.81. The van der Waals surface area contributed by atoms with E-state index in [-0.39, 0.29) is 42.0 Å². The minimum atomic E-state index is -5.08. The maximum Gasteiger partial charge on any atom is 0.490 e. The number of aromatic amines is 1. The van der Waals surface area contributed by atoms with Gasteiger partial charge >= 0.3 is 18.2 Å². The first kappa shape index (κ1) is 44.7. The molecule has 1 aliphatic heterocycles. The van der Waals surface area contributed by atoms with Gasteiger partial charge in [0.2, 0.25) is 17.6 Å². The number of nitrogens with zero attached hydrogens (tertiary/aromatic N) is 4. The highest BCUT2D eigenvalue weighted by Crippen LogP contribution is 2.29. The van der Waals surface area contributed by atoms with Crippen LogP contribution in [0.15, 0.2) is 66.7 Å². The number of H-pyrrole nitrogens is 1. The molecule has 19 heteroatoms. The fraction of sp³-hybridized carbons (Fsp3) is 0.415. The fourth-order valence-electron chi connectivity index (χ4n) is 7.31. The monoisotopic (exact) mass is 835 g/mol. The van der Waals surface area contributed by atoms with E-state index in [9.17, 15) is 32.3 Å². The van der Waals surface area contributed by atoms with Crippen molar-refractivity contribution in [3.63, 3.8) is 0 Å². The van der Waals surface area contributed by atoms with E-state index in [1.54, 1.807) is 24.3 Å². The Morgan fingerprint density at radius 2 is 1.58 bits per heavy atom. The minimum Gasteiger partial charge on any atom is -0.475 e. The summed E-state index contributed by atoms with van der Waals surface area (Å²) in [7, 11) is 2.08. The zero-order valence-corrected chi connectivity index (χ0v) is 33.1. The van der Waals surface area contributed by atoms with Crippen molar-refractivity contribution in [1.82, 2.24) is 41.5 Å². The molecule has 1 aromatic heterocycles. The van der Waals surface area contributed by atoms with E-state index in [1.165, 1.54) is 0 Å². The fourth-order valence-corrected chi connectivity index (χ4v) is 7.31. The molecule has 7 N–H and O–H groups in total. The Morgan fingerprint density at radius 1 is 0.917 bits per heavy atom. The number of hydrogen-bond acceptors (Lipinski definition) is 9. The Balaban J connectivity index is 0.000000896. The molecular weight excluding hydrogens is 788 g/mol. The second-order valence-corrected chi connectivity index (χ2v) is 15.1. The van der Waals surface area contributed by atoms with Crippen molar-refractivity contribution < 1.29 is 47.4 Å². The average molecular weight is 836 g/mol. The van der Waals surface area contributed by atoms with Crippen LogP contribution >= 0.6 is 0 Å². The van der Waals surface area contributed by atoms with Crippen molar-refractivity contribution in [2.45, 2.75) is 70.1 Å². The molecule has 1 saturated carbocycles. The number of carboxylic acid groups (broad SMARTS) is 2. The smallest absolute Gasteiger partial charge is 0.475 e. The van der Waals surface area contributed by atoms with E-state index in [0.717, 1.165) is 66.6 Å². The molecule has 4 amide bonds. The van der Waals surface area contributed by atoms with E-state index < -0.39 is 24.3 Å². The molecule has 2 fully saturated rings. The normalized spacial score (nSPS) is 18.5. The summed E-state index contributed by atoms with van der Waals surface area (Å²) in [5.74, 6) is -3.00. The number of carbonyl (C=O) groups excluding carboxylic acids is 3. The number of alkyl halides is 3. The second-order valence-electron chi connectivity index (χ2n) is 15.1. The van der Waals surface area contributed by atoms with Gasteiger partial charge in [0.1, 0.15) is 6.04 Å². The first-order chi connectivity index (χ1) is 28.5. The van der Waals surface area contributed by atoms with Gasteiger partial charge in [-0.2, -0.15) is 18.4 Å². The van der Waals surface area contributed by atoms with Crippen LogP contribution in [0.1, 0.15) is 60.0 Å². The summed E-state index contributed by atoms with van der Waals surface area (Å²) in [6, 6.07) is 20.0. The van der Waals surface area contributed by atoms with Crippen LogP contribution in [0.25, 0.3) is 22.5 Å². The Kier molecular flexibility index (Phi) is 15.3. The summed E-state index contributed by atoms with van der Waals surface area (Å²) < 4.78 is 31.7. The molecular formula is C41H48F3N9O7. The summed E-state index contributed by atoms with van der Waals surface area (Å²) in [5.41, 5.74) is 5.76. The number of aryl methyl sites for hydroxylation is 1. The number of benzene rings is 3. The number of piperidine rings is 1. The summed E-state index contributed by atoms with van der Waals surface area (Å²) >= 11 is 0. The second kappa shape index (κ2) is 20.5. The summed E-state index contributed by atoms with van der Waals surface area (Å²) in [4.78, 5) is 62.3. The standard InChI is InChI=1S/C39H47N9O5.C2HF3O2/c1-24-20-30(37(50)42-32-4-3-19-48(2)23-32)15-18-33(24)27-9-5-25(6-10-27)21-34(43-36(49)29-11-7-26(8-12-29)22-40-39(52)53)38(51)41-31-16-13-28(14-17-31)35-44-46-47-45-35;3-2(4,5)1(6)7/h5-6,9-10,13-18,20,26,29,32,34,40H,3-4,7-8,11-12,19,21-23H2,1-2H3,(H,41,51)(H,42,50)(H,43,49)(H,52,53)(H,44,45,46,47);(H,6,7)/t26?,29?,32-,34-;/m0./s1. The van der Waals surface area contributed by atoms with Crippen molar-refractivity contribution in [3.8, 4) is 22.5 Å². The Bertz CT molecular complexity index is 2090. The number of rotatable bonds is 12. The maximum atomic E-state index is 13.7. The Morgan fingerprint density at radius 3 is 2.17 bits per heavy atom. The highest BCUT2D eigenvalue weighted by Gasteiger charge is 2.38. The van der Waals surface area contributed by atoms with Crippen LogP contribution in [0.4, 0.5) is 23.7 Å². The number of tetrazole rings is 1. The van der Waals surface area contributed by atoms with Crippen LogP contribution in [0.2, 0.25) is 0 Å². The first-order valence-electron chi connectivity index (χ1n) is 19.5. The zero-order chi connectivity index (χ0) is 43.4. The van der Waals surface area contributed by atoms with Gasteiger partial charge in [-0.3, -0.25) is 14.4 Å². The lowest BCUT2D eigenvalue weighted by Crippen LogP contribution is -2.48. The van der Waals surface area contributed by atoms with Crippen LogP contribution in [-0.4, -0.2) is 110 Å². The number of aliphatic carboxylic acids is 1. The number of likely N-dealkylation sites (tertiary alicyclic amines) is 1. The minimum absolute atomic E-state index is 0.0622. The molecule has 1 aliphatic carbocycles. The van der Waals surface area contributed by atoms with Crippen LogP contribution in [0, 0.1) is 18.8 Å². The molecule has 0 unspecified atom stereocenters. The molecule has 2 atom stereocenters. The molecule has 1 saturated heterocycles. The van der Waals surface area contributed by atoms with Gasteiger partial charge in [0.15, 0.2) is 0 Å². The number of halogens is 3. The number of amides is 4. The van der Waals surface area contributed by atoms with Gasteiger partial charge in [-0.1, -0.05) is 30.3 Å². The predicted octanol–water partition coefficient (Wildman–Crippen LogP) is 5.04. The highest BCUT2D eigenvalue weighted by atomic mass is 19.4. The Labute approximate surface area is 343 Å². The molecule has 16 nitrogen and oxygen atoms in total. The van der Waals surface area contributed by atoms with Gasteiger partial charge in [0, 0.05) is 48.3 Å². The van der Waals surface area contributed by atoms with E-state index in [0.29, 0.717) is 36.5 Å². The predicted molar refractivity (Wildman–Crippen MR) is 214 cm³/mol. The van der Waals surface area contributed by atoms with E-state index >= 15 is 0 Å². The number of aromatic nitrogens is 4. The third kappa shape index (κ3) is 13.1. The molecule has 0 spiro atoms. The zero-order valence-electron chi connectivity index (χ0n) is 33.1. The van der Waals surface area contributed by atoms with Crippen molar-refractivity contribution in [1.29, 1.82) is 0 Å². The van der Waals surface area contributed by atoms with E-state index in [4.69, 9.17) is 15.0 Å². The number of likely N-dealkylation sites (N-methyl/N-ethyl adjacent to an activating group) is 1. The third-order valence-electron chi connectivity index (χ3n) is 10.5. The van der Waals surface area contributed by atoms with Gasteiger partial charge in [-0.25, -0.2) is 9.59 Å². The molecule has 2 aliphatic rings. The van der Waals surface area contributed by atoms with E-state index in [2.05, 4.69) is 53.8 Å². The van der Waals surface area contributed by atoms with Crippen LogP contribution < -0.4 is 21.3 Å². The third-order valence-corrected chi connectivity index (χ3v) is 10.5. The van der Waals surface area contributed by atoms with Crippen molar-refractivity contribution in [2.24, 2.45) is 11.8 Å². The number of nitrogens with one attached hydrogen (secondary N) is 5. The molecule has 2 heterocycles. The number of carbonyl (C=O) groups is 5. The van der Waals surface area contributed by atoms with Gasteiger partial charge in [0.25, 0.3) is 5.91 Å². The highest BCUT2D eigenvalue weighted by molar-refractivity contribution is 5.98. The molecule has 6 rings (SSSR count). The summed E-state index contributed by atoms with van der Waals surface area (Å²) in [5, 5.41) is 41.6.